The molecule has 0 saturated carbocycles. The molecule has 0 aliphatic rings. The van der Waals surface area contributed by atoms with Gasteiger partial charge in [0.2, 0.25) is 0 Å². The van der Waals surface area contributed by atoms with Crippen LogP contribution in [0.2, 0.25) is 0 Å². The number of aromatic amines is 6. The third kappa shape index (κ3) is 12.7. The van der Waals surface area contributed by atoms with E-state index in [-0.39, 0.29) is 52.9 Å². The molecule has 0 spiro atoms. The Hall–Kier alpha value is -5.82. The smallest absolute Gasteiger partial charge is 0.176 e. The van der Waals surface area contributed by atoms with E-state index in [0.717, 1.165) is 0 Å². The third-order valence-electron chi connectivity index (χ3n) is 7.48. The first-order chi connectivity index (χ1) is 26.8. The molecule has 0 saturated heterocycles. The Morgan fingerprint density at radius 3 is 0.852 bits per heavy atom. The van der Waals surface area contributed by atoms with Crippen LogP contribution in [0.4, 0.5) is 0 Å². The van der Waals surface area contributed by atoms with Crippen LogP contribution in [0.1, 0.15) is 34.9 Å². The number of H-pyrrole nitrogens is 6. The van der Waals surface area contributed by atoms with Crippen LogP contribution in [-0.2, 0) is 66.9 Å². The lowest BCUT2D eigenvalue weighted by molar-refractivity contribution is -0.196. The number of rotatable bonds is 29. The van der Waals surface area contributed by atoms with Crippen molar-refractivity contribution in [3.05, 3.63) is 34.9 Å². The van der Waals surface area contributed by atoms with Crippen molar-refractivity contribution in [2.24, 2.45) is 0 Å². The Kier molecular flexibility index (Phi) is 15.2. The zero-order chi connectivity index (χ0) is 36.9. The van der Waals surface area contributed by atoms with Gasteiger partial charge in [0.15, 0.2) is 34.9 Å². The van der Waals surface area contributed by atoms with Crippen molar-refractivity contribution in [1.29, 1.82) is 0 Å². The third-order valence-corrected chi connectivity index (χ3v) is 7.48. The second-order valence-electron chi connectivity index (χ2n) is 11.1. The Bertz CT molecular complexity index is 1600. The molecule has 0 amide bonds. The maximum Gasteiger partial charge on any atom is 0.176 e. The molecule has 0 fully saturated rings. The molecule has 6 aromatic heterocycles. The molecule has 4 unspecified atom stereocenters. The highest BCUT2D eigenvalue weighted by Gasteiger charge is 2.39. The molecule has 4 atom stereocenters. The predicted molar refractivity (Wildman–Crippen MR) is 168 cm³/mol. The molecular formula is C24H38N24O6. The van der Waals surface area contributed by atoms with Crippen molar-refractivity contribution in [1.82, 2.24) is 124 Å². The zero-order valence-corrected chi connectivity index (χ0v) is 28.7. The monoisotopic (exact) mass is 758 g/mol. The highest BCUT2D eigenvalue weighted by Crippen LogP contribution is 2.21. The molecule has 6 heterocycles. The number of tetrazole rings is 6. The standard InChI is InChI=1S/C24H38N24O6/c1(17-25-37-38-26-17)7-49-13-15(51-9-3-19-29-41-42-30-19)23(53-11-5-21-33-45-46-34-21)24(54-12-6-22-35-47-48-36-22)16(52-10-4-20-31-43-44-32-20)14-50-8-2-18-27-39-40-28-18/h15-16,23-24H,1-14H2,(H,25,26,37,38)(H,27,28,39,40)(H,29,30,41,42)(H,31,32,43,44)(H,33,34,45,46)(H,35,36,47,48). The maximum absolute atomic E-state index is 6.62. The SMILES string of the molecule is C(Cc1nn[nH]n1)OCC(OCCc1nn[nH]n1)C(OCCc1nn[nH]n1)C(OCCc1nn[nH]n1)C(COCCc1nn[nH]n1)OCCc1nn[nH]n1. The topological polar surface area (TPSA) is 382 Å². The summed E-state index contributed by atoms with van der Waals surface area (Å²) in [6, 6.07) is 0. The van der Waals surface area contributed by atoms with Crippen LogP contribution in [0, 0.1) is 0 Å². The Morgan fingerprint density at radius 2 is 0.593 bits per heavy atom. The summed E-state index contributed by atoms with van der Waals surface area (Å²) in [5.74, 6) is 2.82. The number of hydrogen-bond acceptors (Lipinski definition) is 24. The van der Waals surface area contributed by atoms with Crippen molar-refractivity contribution in [2.75, 3.05) is 52.9 Å². The normalized spacial score (nSPS) is 14.0. The zero-order valence-electron chi connectivity index (χ0n) is 28.7. The predicted octanol–water partition coefficient (Wildman–Crippen LogP) is -4.90. The first-order valence-corrected chi connectivity index (χ1v) is 16.8. The van der Waals surface area contributed by atoms with Gasteiger partial charge in [-0.3, -0.25) is 0 Å². The average molecular weight is 759 g/mol. The molecule has 30 heteroatoms. The first kappa shape index (κ1) is 37.9. The molecule has 0 aliphatic carbocycles. The van der Waals surface area contributed by atoms with E-state index in [1.165, 1.54) is 0 Å². The molecule has 30 nitrogen and oxygen atoms in total. The van der Waals surface area contributed by atoms with Crippen LogP contribution >= 0.6 is 0 Å². The summed E-state index contributed by atoms with van der Waals surface area (Å²) >= 11 is 0. The molecule has 0 aromatic carbocycles. The van der Waals surface area contributed by atoms with E-state index < -0.39 is 24.4 Å². The van der Waals surface area contributed by atoms with Crippen molar-refractivity contribution in [3.63, 3.8) is 0 Å². The molecule has 0 aliphatic heterocycles. The molecule has 0 bridgehead atoms. The van der Waals surface area contributed by atoms with E-state index in [9.17, 15) is 0 Å². The Balaban J connectivity index is 1.24. The first-order valence-electron chi connectivity index (χ1n) is 16.8. The summed E-state index contributed by atoms with van der Waals surface area (Å²) in [4.78, 5) is 0. The molecule has 6 aromatic rings. The molecule has 6 rings (SSSR count). The van der Waals surface area contributed by atoms with Crippen molar-refractivity contribution in [3.8, 4) is 0 Å². The van der Waals surface area contributed by atoms with Crippen LogP contribution in [0.15, 0.2) is 0 Å². The Labute approximate surface area is 303 Å². The van der Waals surface area contributed by atoms with Gasteiger partial charge in [-0.2, -0.15) is 31.3 Å². The fourth-order valence-electron chi connectivity index (χ4n) is 4.94. The summed E-state index contributed by atoms with van der Waals surface area (Å²) in [7, 11) is 0. The van der Waals surface area contributed by atoms with Gasteiger partial charge < -0.3 is 28.4 Å². The second kappa shape index (κ2) is 21.6. The Morgan fingerprint density at radius 1 is 0.333 bits per heavy atom. The summed E-state index contributed by atoms with van der Waals surface area (Å²) in [5, 5.41) is 84.8. The summed E-state index contributed by atoms with van der Waals surface area (Å²) < 4.78 is 38.4. The van der Waals surface area contributed by atoms with Crippen LogP contribution in [0.25, 0.3) is 0 Å². The van der Waals surface area contributed by atoms with Gasteiger partial charge in [0.1, 0.15) is 24.4 Å². The van der Waals surface area contributed by atoms with Crippen molar-refractivity contribution in [2.45, 2.75) is 62.9 Å². The van der Waals surface area contributed by atoms with E-state index in [2.05, 4.69) is 124 Å². The fourth-order valence-corrected chi connectivity index (χ4v) is 4.94. The minimum atomic E-state index is -0.839. The largest absolute Gasteiger partial charge is 0.378 e. The minimum Gasteiger partial charge on any atom is -0.378 e. The van der Waals surface area contributed by atoms with Crippen molar-refractivity contribution >= 4 is 0 Å². The highest BCUT2D eigenvalue weighted by molar-refractivity contribution is 4.90. The van der Waals surface area contributed by atoms with Gasteiger partial charge in [-0.05, 0) is 0 Å². The van der Waals surface area contributed by atoms with Crippen molar-refractivity contribution < 1.29 is 28.4 Å². The van der Waals surface area contributed by atoms with Gasteiger partial charge in [0.05, 0.1) is 52.9 Å². The minimum absolute atomic E-state index is 0.0654. The van der Waals surface area contributed by atoms with E-state index in [1.807, 2.05) is 0 Å². The maximum atomic E-state index is 6.62. The lowest BCUT2D eigenvalue weighted by Crippen LogP contribution is -2.53. The lowest BCUT2D eigenvalue weighted by Gasteiger charge is -2.37. The number of hydrogen-bond donors (Lipinski definition) is 6. The molecule has 0 radical (unpaired) electrons. The van der Waals surface area contributed by atoms with Crippen LogP contribution < -0.4 is 0 Å². The van der Waals surface area contributed by atoms with Gasteiger partial charge in [0, 0.05) is 38.5 Å². The van der Waals surface area contributed by atoms with E-state index in [1.54, 1.807) is 0 Å². The van der Waals surface area contributed by atoms with Crippen LogP contribution in [0.5, 0.6) is 0 Å². The molecule has 290 valence electrons. The van der Waals surface area contributed by atoms with Gasteiger partial charge in [-0.25, -0.2) is 0 Å². The number of aromatic nitrogens is 24. The molecule has 6 N–H and O–H groups in total. The van der Waals surface area contributed by atoms with Crippen LogP contribution in [0.3, 0.4) is 0 Å². The van der Waals surface area contributed by atoms with Gasteiger partial charge in [-0.1, -0.05) is 31.3 Å². The van der Waals surface area contributed by atoms with E-state index >= 15 is 0 Å². The quantitative estimate of drug-likeness (QED) is 0.0244. The van der Waals surface area contributed by atoms with E-state index in [4.69, 9.17) is 28.4 Å². The number of nitrogens with zero attached hydrogens (tertiary/aromatic N) is 18. The van der Waals surface area contributed by atoms with E-state index in [0.29, 0.717) is 73.5 Å². The van der Waals surface area contributed by atoms with Gasteiger partial charge >= 0.3 is 0 Å². The second-order valence-corrected chi connectivity index (χ2v) is 11.1. The summed E-state index contributed by atoms with van der Waals surface area (Å²) in [6.07, 6.45) is -1.04. The fraction of sp³-hybridized carbons (Fsp3) is 0.750. The average Bonchev–Trinajstić information content (AvgIpc) is 4.04. The molecule has 54 heavy (non-hydrogen) atoms. The van der Waals surface area contributed by atoms with Crippen LogP contribution in [-0.4, -0.2) is 201 Å². The number of nitrogens with one attached hydrogen (secondary N) is 6. The van der Waals surface area contributed by atoms with Gasteiger partial charge in [0.25, 0.3) is 0 Å². The van der Waals surface area contributed by atoms with Gasteiger partial charge in [-0.15, -0.1) is 61.2 Å². The molecular weight excluding hydrogens is 720 g/mol. The summed E-state index contributed by atoms with van der Waals surface area (Å²) in [6.45, 7) is 1.31. The lowest BCUT2D eigenvalue weighted by atomic mass is 10.0. The highest BCUT2D eigenvalue weighted by atomic mass is 16.6. The summed E-state index contributed by atoms with van der Waals surface area (Å²) in [5.41, 5.74) is 0. The number of ether oxygens (including phenoxy) is 6.